The predicted octanol–water partition coefficient (Wildman–Crippen LogP) is 2.03. The maximum atomic E-state index is 11.4. The molecule has 0 amide bonds. The summed E-state index contributed by atoms with van der Waals surface area (Å²) in [5.41, 5.74) is 1.07. The average molecular weight is 307 g/mol. The molecular weight excluding hydrogens is 286 g/mol. The Kier molecular flexibility index (Phi) is 4.80. The van der Waals surface area contributed by atoms with Crippen molar-refractivity contribution in [2.45, 2.75) is 37.4 Å². The van der Waals surface area contributed by atoms with Crippen LogP contribution in [0, 0.1) is 0 Å². The van der Waals surface area contributed by atoms with E-state index in [0.29, 0.717) is 4.90 Å². The summed E-state index contributed by atoms with van der Waals surface area (Å²) in [7, 11) is -3.13. The van der Waals surface area contributed by atoms with Crippen LogP contribution in [0.15, 0.2) is 47.9 Å². The van der Waals surface area contributed by atoms with Gasteiger partial charge in [0, 0.05) is 37.3 Å². The summed E-state index contributed by atoms with van der Waals surface area (Å²) in [6, 6.07) is 7.46. The second kappa shape index (κ2) is 6.41. The van der Waals surface area contributed by atoms with Gasteiger partial charge < -0.3 is 9.88 Å². The first kappa shape index (κ1) is 15.7. The van der Waals surface area contributed by atoms with Crippen LogP contribution < -0.4 is 5.32 Å². The van der Waals surface area contributed by atoms with E-state index < -0.39 is 9.84 Å². The maximum Gasteiger partial charge on any atom is 0.175 e. The first-order chi connectivity index (χ1) is 9.86. The zero-order chi connectivity index (χ0) is 15.5. The van der Waals surface area contributed by atoms with E-state index in [9.17, 15) is 8.42 Å². The Morgan fingerprint density at radius 1 is 1.24 bits per heavy atom. The molecular formula is C15H21N3O2S. The quantitative estimate of drug-likeness (QED) is 0.887. The van der Waals surface area contributed by atoms with Crippen molar-refractivity contribution in [1.29, 1.82) is 0 Å². The predicted molar refractivity (Wildman–Crippen MR) is 82.8 cm³/mol. The first-order valence-electron chi connectivity index (χ1n) is 6.88. The molecule has 6 heteroatoms. The highest BCUT2D eigenvalue weighted by molar-refractivity contribution is 7.90. The molecule has 1 aromatic heterocycles. The van der Waals surface area contributed by atoms with Crippen LogP contribution in [0.2, 0.25) is 0 Å². The molecule has 5 nitrogen and oxygen atoms in total. The molecule has 1 N–H and O–H groups in total. The van der Waals surface area contributed by atoms with Crippen molar-refractivity contribution >= 4 is 9.84 Å². The Morgan fingerprint density at radius 3 is 2.43 bits per heavy atom. The Hall–Kier alpha value is -1.66. The standard InChI is InChI=1S/C15H21N3O2S/c1-12(10-18-9-8-16-11-18)17-13(2)14-4-6-15(7-5-14)21(3,19)20/h4-9,11-13,17H,10H2,1-3H3. The Bertz CT molecular complexity index is 663. The van der Waals surface area contributed by atoms with Crippen LogP contribution in [0.1, 0.15) is 25.5 Å². The van der Waals surface area contributed by atoms with E-state index in [1.807, 2.05) is 22.9 Å². The van der Waals surface area contributed by atoms with Gasteiger partial charge in [-0.05, 0) is 31.5 Å². The van der Waals surface area contributed by atoms with Crippen molar-refractivity contribution in [3.8, 4) is 0 Å². The molecule has 0 radical (unpaired) electrons. The number of rotatable bonds is 6. The molecule has 1 heterocycles. The molecule has 0 fully saturated rings. The topological polar surface area (TPSA) is 64.0 Å². The number of aromatic nitrogens is 2. The van der Waals surface area contributed by atoms with Crippen LogP contribution in [0.3, 0.4) is 0 Å². The summed E-state index contributed by atoms with van der Waals surface area (Å²) < 4.78 is 24.9. The Labute approximate surface area is 125 Å². The number of hydrogen-bond acceptors (Lipinski definition) is 4. The van der Waals surface area contributed by atoms with Gasteiger partial charge in [-0.2, -0.15) is 0 Å². The van der Waals surface area contributed by atoms with Gasteiger partial charge in [-0.1, -0.05) is 12.1 Å². The molecule has 0 saturated heterocycles. The monoisotopic (exact) mass is 307 g/mol. The number of benzene rings is 1. The lowest BCUT2D eigenvalue weighted by molar-refractivity contribution is 0.430. The number of nitrogens with one attached hydrogen (secondary N) is 1. The molecule has 114 valence electrons. The third-order valence-corrected chi connectivity index (χ3v) is 4.52. The lowest BCUT2D eigenvalue weighted by atomic mass is 10.1. The molecule has 2 rings (SSSR count). The molecule has 0 bridgehead atoms. The number of hydrogen-bond donors (Lipinski definition) is 1. The van der Waals surface area contributed by atoms with E-state index in [1.165, 1.54) is 6.26 Å². The summed E-state index contributed by atoms with van der Waals surface area (Å²) in [4.78, 5) is 4.38. The van der Waals surface area contributed by atoms with Crippen LogP contribution in [0.5, 0.6) is 0 Å². The normalized spacial score (nSPS) is 14.8. The summed E-state index contributed by atoms with van der Waals surface area (Å²) in [6.07, 6.45) is 6.71. The van der Waals surface area contributed by atoms with Crippen molar-refractivity contribution in [3.05, 3.63) is 48.5 Å². The van der Waals surface area contributed by atoms with E-state index in [0.717, 1.165) is 12.1 Å². The largest absolute Gasteiger partial charge is 0.336 e. The fourth-order valence-electron chi connectivity index (χ4n) is 2.29. The van der Waals surface area contributed by atoms with E-state index >= 15 is 0 Å². The molecule has 21 heavy (non-hydrogen) atoms. The highest BCUT2D eigenvalue weighted by atomic mass is 32.2. The van der Waals surface area contributed by atoms with E-state index in [4.69, 9.17) is 0 Å². The Balaban J connectivity index is 1.98. The molecule has 0 aliphatic carbocycles. The number of sulfone groups is 1. The third-order valence-electron chi connectivity index (χ3n) is 3.39. The lowest BCUT2D eigenvalue weighted by Crippen LogP contribution is -2.32. The van der Waals surface area contributed by atoms with Gasteiger partial charge in [-0.15, -0.1) is 0 Å². The minimum atomic E-state index is -3.13. The van der Waals surface area contributed by atoms with Crippen LogP contribution >= 0.6 is 0 Å². The molecule has 2 aromatic rings. The fraction of sp³-hybridized carbons (Fsp3) is 0.400. The van der Waals surface area contributed by atoms with E-state index in [-0.39, 0.29) is 12.1 Å². The highest BCUT2D eigenvalue weighted by Gasteiger charge is 2.12. The van der Waals surface area contributed by atoms with Gasteiger partial charge in [0.05, 0.1) is 11.2 Å². The molecule has 0 aliphatic heterocycles. The zero-order valence-electron chi connectivity index (χ0n) is 12.5. The average Bonchev–Trinajstić information content (AvgIpc) is 2.90. The number of imidazole rings is 1. The molecule has 2 atom stereocenters. The molecule has 0 spiro atoms. The summed E-state index contributed by atoms with van der Waals surface area (Å²) >= 11 is 0. The molecule has 2 unspecified atom stereocenters. The van der Waals surface area contributed by atoms with Crippen LogP contribution in [-0.4, -0.2) is 30.3 Å². The summed E-state index contributed by atoms with van der Waals surface area (Å²) in [6.45, 7) is 5.02. The molecule has 1 aromatic carbocycles. The van der Waals surface area contributed by atoms with Crippen molar-refractivity contribution in [1.82, 2.24) is 14.9 Å². The molecule has 0 aliphatic rings. The SMILES string of the molecule is CC(Cn1ccnc1)NC(C)c1ccc(S(C)(=O)=O)cc1. The second-order valence-electron chi connectivity index (χ2n) is 5.39. The smallest absolute Gasteiger partial charge is 0.175 e. The van der Waals surface area contributed by atoms with E-state index in [2.05, 4.69) is 24.1 Å². The van der Waals surface area contributed by atoms with Crippen LogP contribution in [0.4, 0.5) is 0 Å². The van der Waals surface area contributed by atoms with Gasteiger partial charge in [0.2, 0.25) is 0 Å². The first-order valence-corrected chi connectivity index (χ1v) is 8.77. The third kappa shape index (κ3) is 4.41. The Morgan fingerprint density at radius 2 is 1.90 bits per heavy atom. The van der Waals surface area contributed by atoms with Gasteiger partial charge in [0.1, 0.15) is 0 Å². The minimum Gasteiger partial charge on any atom is -0.336 e. The van der Waals surface area contributed by atoms with Gasteiger partial charge in [0.25, 0.3) is 0 Å². The van der Waals surface area contributed by atoms with Crippen LogP contribution in [-0.2, 0) is 16.4 Å². The van der Waals surface area contributed by atoms with Crippen LogP contribution in [0.25, 0.3) is 0 Å². The van der Waals surface area contributed by atoms with Crippen molar-refractivity contribution in [2.75, 3.05) is 6.26 Å². The van der Waals surface area contributed by atoms with Gasteiger partial charge in [0.15, 0.2) is 9.84 Å². The maximum absolute atomic E-state index is 11.4. The van der Waals surface area contributed by atoms with Crippen molar-refractivity contribution < 1.29 is 8.42 Å². The van der Waals surface area contributed by atoms with E-state index in [1.54, 1.807) is 24.7 Å². The highest BCUT2D eigenvalue weighted by Crippen LogP contribution is 2.16. The number of nitrogens with zero attached hydrogens (tertiary/aromatic N) is 2. The summed E-state index contributed by atoms with van der Waals surface area (Å²) in [5, 5.41) is 3.49. The van der Waals surface area contributed by atoms with Crippen molar-refractivity contribution in [2.24, 2.45) is 0 Å². The van der Waals surface area contributed by atoms with Gasteiger partial charge in [-0.25, -0.2) is 13.4 Å². The second-order valence-corrected chi connectivity index (χ2v) is 7.41. The zero-order valence-corrected chi connectivity index (χ0v) is 13.3. The molecule has 0 saturated carbocycles. The van der Waals surface area contributed by atoms with Gasteiger partial charge >= 0.3 is 0 Å². The summed E-state index contributed by atoms with van der Waals surface area (Å²) in [5.74, 6) is 0. The fourth-order valence-corrected chi connectivity index (χ4v) is 2.92. The lowest BCUT2D eigenvalue weighted by Gasteiger charge is -2.21. The van der Waals surface area contributed by atoms with Gasteiger partial charge in [-0.3, -0.25) is 0 Å². The van der Waals surface area contributed by atoms with Crippen molar-refractivity contribution in [3.63, 3.8) is 0 Å². The minimum absolute atomic E-state index is 0.150.